The topological polar surface area (TPSA) is 94.8 Å². The molecule has 2 amide bonds. The molecular weight excluding hydrogens is 376 g/mol. The molecule has 0 saturated carbocycles. The van der Waals surface area contributed by atoms with Gasteiger partial charge in [-0.05, 0) is 18.6 Å². The Bertz CT molecular complexity index is 1040. The summed E-state index contributed by atoms with van der Waals surface area (Å²) in [6.45, 7) is 2.80. The van der Waals surface area contributed by atoms with Crippen LogP contribution in [0.5, 0.6) is 0 Å². The number of amides is 2. The van der Waals surface area contributed by atoms with Gasteiger partial charge in [-0.2, -0.15) is 0 Å². The number of fused-ring (bicyclic) bond motifs is 1. The number of carbonyl (C=O) groups excluding carboxylic acids is 2. The molecular formula is C20H24N4O5. The fraction of sp³-hybridized carbons (Fsp3) is 0.550. The summed E-state index contributed by atoms with van der Waals surface area (Å²) in [5.74, 6) is -1.18. The number of benzene rings is 1. The first kappa shape index (κ1) is 18.4. The predicted octanol–water partition coefficient (Wildman–Crippen LogP) is 0.661. The molecule has 1 atom stereocenters. The van der Waals surface area contributed by atoms with Crippen molar-refractivity contribution in [3.8, 4) is 0 Å². The van der Waals surface area contributed by atoms with Gasteiger partial charge in [-0.1, -0.05) is 6.07 Å². The molecule has 4 heterocycles. The van der Waals surface area contributed by atoms with Crippen molar-refractivity contribution >= 4 is 28.5 Å². The van der Waals surface area contributed by atoms with Crippen molar-refractivity contribution in [1.82, 2.24) is 14.5 Å². The van der Waals surface area contributed by atoms with Gasteiger partial charge in [-0.3, -0.25) is 24.0 Å². The lowest BCUT2D eigenvalue weighted by Gasteiger charge is -2.39. The average Bonchev–Trinajstić information content (AvgIpc) is 3.27. The van der Waals surface area contributed by atoms with Crippen LogP contribution in [0.3, 0.4) is 0 Å². The van der Waals surface area contributed by atoms with E-state index in [1.54, 1.807) is 11.6 Å². The number of piperidine rings is 2. The lowest BCUT2D eigenvalue weighted by molar-refractivity contribution is -0.169. The van der Waals surface area contributed by atoms with E-state index in [0.717, 1.165) is 37.1 Å². The molecule has 1 aromatic heterocycles. The van der Waals surface area contributed by atoms with E-state index in [9.17, 15) is 14.4 Å². The van der Waals surface area contributed by atoms with Gasteiger partial charge in [0.2, 0.25) is 11.8 Å². The van der Waals surface area contributed by atoms with Crippen molar-refractivity contribution < 1.29 is 19.1 Å². The van der Waals surface area contributed by atoms with Crippen LogP contribution in [0, 0.1) is 0 Å². The number of hydrogen-bond donors (Lipinski definition) is 1. The van der Waals surface area contributed by atoms with E-state index in [2.05, 4.69) is 10.2 Å². The second-order valence-corrected chi connectivity index (χ2v) is 7.92. The Morgan fingerprint density at radius 3 is 2.52 bits per heavy atom. The number of nitrogens with zero attached hydrogens (tertiary/aromatic N) is 3. The highest BCUT2D eigenvalue weighted by Crippen LogP contribution is 2.36. The molecule has 1 N–H and O–H groups in total. The molecule has 0 aliphatic carbocycles. The molecule has 3 aliphatic rings. The number of imidazole rings is 1. The third-order valence-corrected chi connectivity index (χ3v) is 6.28. The monoisotopic (exact) mass is 400 g/mol. The molecule has 1 spiro atoms. The van der Waals surface area contributed by atoms with E-state index in [1.807, 2.05) is 18.2 Å². The number of nitrogens with one attached hydrogen (secondary N) is 1. The van der Waals surface area contributed by atoms with Crippen LogP contribution in [0.2, 0.25) is 0 Å². The van der Waals surface area contributed by atoms with Crippen molar-refractivity contribution in [3.63, 3.8) is 0 Å². The third kappa shape index (κ3) is 2.87. The van der Waals surface area contributed by atoms with Crippen LogP contribution < -0.4 is 15.9 Å². The van der Waals surface area contributed by atoms with Crippen molar-refractivity contribution in [2.75, 3.05) is 31.2 Å². The zero-order valence-electron chi connectivity index (χ0n) is 16.3. The minimum Gasteiger partial charge on any atom is -0.369 e. The van der Waals surface area contributed by atoms with Crippen molar-refractivity contribution in [2.45, 2.75) is 37.5 Å². The number of imide groups is 1. The van der Waals surface area contributed by atoms with Crippen LogP contribution in [-0.4, -0.2) is 53.0 Å². The molecule has 2 aromatic rings. The second-order valence-electron chi connectivity index (χ2n) is 7.92. The third-order valence-electron chi connectivity index (χ3n) is 6.28. The highest BCUT2D eigenvalue weighted by Gasteiger charge is 2.40. The number of ether oxygens (including phenoxy) is 2. The summed E-state index contributed by atoms with van der Waals surface area (Å²) < 4.78 is 14.8. The van der Waals surface area contributed by atoms with Crippen LogP contribution >= 0.6 is 0 Å². The zero-order chi connectivity index (χ0) is 20.2. The van der Waals surface area contributed by atoms with Gasteiger partial charge in [0.25, 0.3) is 0 Å². The van der Waals surface area contributed by atoms with E-state index in [0.29, 0.717) is 25.2 Å². The number of rotatable bonds is 2. The standard InChI is InChI=1S/C20H24N4O5/c1-22-17-13(23-9-7-20(8-10-23)28-11-12-29-20)3-2-4-14(17)24(19(22)27)15-5-6-16(25)21-18(15)26/h2-4,15H,5-12H2,1H3,(H,21,25,26). The van der Waals surface area contributed by atoms with Gasteiger partial charge in [0, 0.05) is 39.4 Å². The van der Waals surface area contributed by atoms with E-state index >= 15 is 0 Å². The van der Waals surface area contributed by atoms with Crippen LogP contribution in [0.25, 0.3) is 11.0 Å². The SMILES string of the molecule is Cn1c(=O)n(C2CCC(=O)NC2=O)c2cccc(N3CCC4(CC3)OCCO4)c21. The van der Waals surface area contributed by atoms with Crippen LogP contribution in [0.4, 0.5) is 5.69 Å². The molecule has 3 aliphatic heterocycles. The summed E-state index contributed by atoms with van der Waals surface area (Å²) in [7, 11) is 1.73. The van der Waals surface area contributed by atoms with Gasteiger partial charge in [-0.25, -0.2) is 4.79 Å². The maximum Gasteiger partial charge on any atom is 0.329 e. The Labute approximate surface area is 167 Å². The van der Waals surface area contributed by atoms with Gasteiger partial charge in [-0.15, -0.1) is 0 Å². The molecule has 1 unspecified atom stereocenters. The van der Waals surface area contributed by atoms with Crippen molar-refractivity contribution in [3.05, 3.63) is 28.7 Å². The van der Waals surface area contributed by atoms with Gasteiger partial charge in [0.05, 0.1) is 29.9 Å². The summed E-state index contributed by atoms with van der Waals surface area (Å²) in [6, 6.07) is 5.10. The zero-order valence-corrected chi connectivity index (χ0v) is 16.3. The lowest BCUT2D eigenvalue weighted by Crippen LogP contribution is -2.45. The van der Waals surface area contributed by atoms with Gasteiger partial charge in [0.1, 0.15) is 6.04 Å². The van der Waals surface area contributed by atoms with Gasteiger partial charge >= 0.3 is 5.69 Å². The van der Waals surface area contributed by atoms with Crippen molar-refractivity contribution in [2.24, 2.45) is 7.05 Å². The lowest BCUT2D eigenvalue weighted by atomic mass is 10.0. The van der Waals surface area contributed by atoms with Gasteiger partial charge in [0.15, 0.2) is 5.79 Å². The summed E-state index contributed by atoms with van der Waals surface area (Å²) in [6.07, 6.45) is 2.10. The Kier molecular flexibility index (Phi) is 4.25. The Balaban J connectivity index is 1.53. The summed E-state index contributed by atoms with van der Waals surface area (Å²) in [5.41, 5.74) is 2.21. The van der Waals surface area contributed by atoms with Crippen LogP contribution in [0.15, 0.2) is 23.0 Å². The molecule has 1 aromatic carbocycles. The first-order valence-electron chi connectivity index (χ1n) is 10.1. The largest absolute Gasteiger partial charge is 0.369 e. The molecule has 9 nitrogen and oxygen atoms in total. The highest BCUT2D eigenvalue weighted by molar-refractivity contribution is 6.00. The summed E-state index contributed by atoms with van der Waals surface area (Å²) in [5, 5.41) is 2.35. The Morgan fingerprint density at radius 2 is 1.83 bits per heavy atom. The number of aromatic nitrogens is 2. The maximum atomic E-state index is 13.1. The number of anilines is 1. The van der Waals surface area contributed by atoms with Gasteiger partial charge < -0.3 is 14.4 Å². The maximum absolute atomic E-state index is 13.1. The molecule has 29 heavy (non-hydrogen) atoms. The molecule has 0 radical (unpaired) electrons. The number of hydrogen-bond acceptors (Lipinski definition) is 6. The highest BCUT2D eigenvalue weighted by atomic mass is 16.7. The van der Waals surface area contributed by atoms with E-state index < -0.39 is 17.7 Å². The minimum absolute atomic E-state index is 0.229. The minimum atomic E-state index is -0.677. The summed E-state index contributed by atoms with van der Waals surface area (Å²) in [4.78, 5) is 39.2. The molecule has 3 fully saturated rings. The Morgan fingerprint density at radius 1 is 1.10 bits per heavy atom. The second kappa shape index (κ2) is 6.70. The quantitative estimate of drug-likeness (QED) is 0.745. The first-order valence-corrected chi connectivity index (χ1v) is 10.1. The predicted molar refractivity (Wildman–Crippen MR) is 105 cm³/mol. The number of carbonyl (C=O) groups is 2. The molecule has 0 bridgehead atoms. The fourth-order valence-electron chi connectivity index (χ4n) is 4.78. The molecule has 5 rings (SSSR count). The molecule has 154 valence electrons. The van der Waals surface area contributed by atoms with Crippen molar-refractivity contribution in [1.29, 1.82) is 0 Å². The molecule has 9 heteroatoms. The van der Waals surface area contributed by atoms with E-state index in [4.69, 9.17) is 9.47 Å². The first-order chi connectivity index (χ1) is 14.0. The number of para-hydroxylation sites is 1. The van der Waals surface area contributed by atoms with E-state index in [1.165, 1.54) is 4.57 Å². The fourth-order valence-corrected chi connectivity index (χ4v) is 4.78. The number of aryl methyl sites for hydroxylation is 1. The molecule has 3 saturated heterocycles. The van der Waals surface area contributed by atoms with Crippen LogP contribution in [0.1, 0.15) is 31.7 Å². The smallest absolute Gasteiger partial charge is 0.329 e. The average molecular weight is 400 g/mol. The Hall–Kier alpha value is -2.65. The summed E-state index contributed by atoms with van der Waals surface area (Å²) >= 11 is 0. The van der Waals surface area contributed by atoms with Crippen LogP contribution in [-0.2, 0) is 26.1 Å². The normalized spacial score (nSPS) is 24.4. The van der Waals surface area contributed by atoms with E-state index in [-0.39, 0.29) is 18.0 Å².